The van der Waals surface area contributed by atoms with Gasteiger partial charge in [-0.15, -0.1) is 0 Å². The zero-order chi connectivity index (χ0) is 10.7. The molecule has 1 aliphatic rings. The van der Waals surface area contributed by atoms with Gasteiger partial charge in [0.2, 0.25) is 0 Å². The maximum atomic E-state index is 4.54. The van der Waals surface area contributed by atoms with E-state index in [9.17, 15) is 0 Å². The summed E-state index contributed by atoms with van der Waals surface area (Å²) in [6.45, 7) is 2.15. The molecule has 1 saturated heterocycles. The highest BCUT2D eigenvalue weighted by atomic mass is 79.9. The molecule has 82 valence electrons. The average Bonchev–Trinajstić information content (AvgIpc) is 2.31. The molecule has 0 amide bonds. The van der Waals surface area contributed by atoms with Crippen molar-refractivity contribution in [3.63, 3.8) is 0 Å². The third-order valence-electron chi connectivity index (χ3n) is 2.20. The van der Waals surface area contributed by atoms with Crippen LogP contribution in [0.25, 0.3) is 0 Å². The summed E-state index contributed by atoms with van der Waals surface area (Å²) in [5.41, 5.74) is 0. The highest BCUT2D eigenvalue weighted by Gasteiger charge is 2.16. The van der Waals surface area contributed by atoms with E-state index in [2.05, 4.69) is 30.8 Å². The van der Waals surface area contributed by atoms with Gasteiger partial charge in [-0.1, -0.05) is 11.8 Å². The quantitative estimate of drug-likeness (QED) is 0.618. The fourth-order valence-corrected chi connectivity index (χ4v) is 3.12. The first-order valence-electron chi connectivity index (χ1n) is 4.70. The Hall–Kier alpha value is 0.0600. The molecule has 15 heavy (non-hydrogen) atoms. The minimum absolute atomic E-state index is 0.839. The predicted octanol–water partition coefficient (Wildman–Crippen LogP) is 2.51. The Balaban J connectivity index is 2.24. The Morgan fingerprint density at radius 3 is 2.87 bits per heavy atom. The van der Waals surface area contributed by atoms with Crippen LogP contribution < -0.4 is 4.90 Å². The molecular formula is C9H12BrN3S2. The Bertz CT molecular complexity index is 342. The molecule has 0 spiro atoms. The second kappa shape index (κ2) is 5.41. The van der Waals surface area contributed by atoms with Crippen molar-refractivity contribution in [2.75, 3.05) is 35.8 Å². The molecule has 1 aromatic heterocycles. The second-order valence-corrected chi connectivity index (χ2v) is 5.98. The number of rotatable bonds is 2. The van der Waals surface area contributed by atoms with Crippen molar-refractivity contribution in [1.82, 2.24) is 9.97 Å². The number of hydrogen-bond donors (Lipinski definition) is 0. The molecule has 0 aliphatic carbocycles. The minimum Gasteiger partial charge on any atom is -0.354 e. The van der Waals surface area contributed by atoms with Crippen LogP contribution in [0.15, 0.2) is 15.8 Å². The summed E-state index contributed by atoms with van der Waals surface area (Å²) in [5.74, 6) is 3.41. The zero-order valence-electron chi connectivity index (χ0n) is 8.44. The van der Waals surface area contributed by atoms with Crippen LogP contribution in [0.3, 0.4) is 0 Å². The normalized spacial score (nSPS) is 16.8. The van der Waals surface area contributed by atoms with Crippen LogP contribution in [0.5, 0.6) is 0 Å². The largest absolute Gasteiger partial charge is 0.354 e. The fraction of sp³-hybridized carbons (Fsp3) is 0.556. The molecule has 6 heteroatoms. The summed E-state index contributed by atoms with van der Waals surface area (Å²) < 4.78 is 0.993. The van der Waals surface area contributed by atoms with Crippen molar-refractivity contribution >= 4 is 45.3 Å². The number of halogens is 1. The summed E-state index contributed by atoms with van der Waals surface area (Å²) >= 11 is 7.10. The number of anilines is 1. The van der Waals surface area contributed by atoms with E-state index < -0.39 is 0 Å². The van der Waals surface area contributed by atoms with Gasteiger partial charge in [-0.25, -0.2) is 9.97 Å². The zero-order valence-corrected chi connectivity index (χ0v) is 11.7. The van der Waals surface area contributed by atoms with Gasteiger partial charge in [0, 0.05) is 30.8 Å². The third-order valence-corrected chi connectivity index (χ3v) is 4.26. The molecule has 0 aromatic carbocycles. The highest BCUT2D eigenvalue weighted by molar-refractivity contribution is 9.10. The fourth-order valence-electron chi connectivity index (χ4n) is 1.44. The lowest BCUT2D eigenvalue weighted by Crippen LogP contribution is -2.33. The molecular weight excluding hydrogens is 294 g/mol. The van der Waals surface area contributed by atoms with Gasteiger partial charge in [0.1, 0.15) is 5.82 Å². The van der Waals surface area contributed by atoms with Gasteiger partial charge in [-0.05, 0) is 22.2 Å². The summed E-state index contributed by atoms with van der Waals surface area (Å²) in [6.07, 6.45) is 3.84. The van der Waals surface area contributed by atoms with Crippen molar-refractivity contribution < 1.29 is 0 Å². The number of nitrogens with zero attached hydrogens (tertiary/aromatic N) is 3. The maximum Gasteiger partial charge on any atom is 0.189 e. The topological polar surface area (TPSA) is 29.0 Å². The smallest absolute Gasteiger partial charge is 0.189 e. The van der Waals surface area contributed by atoms with Crippen LogP contribution in [0.4, 0.5) is 5.82 Å². The van der Waals surface area contributed by atoms with E-state index in [0.29, 0.717) is 0 Å². The van der Waals surface area contributed by atoms with Gasteiger partial charge in [0.05, 0.1) is 4.47 Å². The van der Waals surface area contributed by atoms with Crippen LogP contribution in [0, 0.1) is 0 Å². The first-order chi connectivity index (χ1) is 7.31. The van der Waals surface area contributed by atoms with Gasteiger partial charge in [0.15, 0.2) is 5.16 Å². The lowest BCUT2D eigenvalue weighted by molar-refractivity contribution is 0.809. The summed E-state index contributed by atoms with van der Waals surface area (Å²) in [6, 6.07) is 0. The third kappa shape index (κ3) is 2.79. The van der Waals surface area contributed by atoms with Gasteiger partial charge < -0.3 is 4.90 Å². The van der Waals surface area contributed by atoms with E-state index >= 15 is 0 Å². The van der Waals surface area contributed by atoms with Crippen LogP contribution in [0.1, 0.15) is 0 Å². The van der Waals surface area contributed by atoms with Crippen molar-refractivity contribution in [2.45, 2.75) is 5.16 Å². The number of thioether (sulfide) groups is 2. The average molecular weight is 306 g/mol. The van der Waals surface area contributed by atoms with E-state index in [4.69, 9.17) is 0 Å². The molecule has 1 aliphatic heterocycles. The van der Waals surface area contributed by atoms with Gasteiger partial charge in [0.25, 0.3) is 0 Å². The SMILES string of the molecule is CSc1ncc(Br)c(N2CCSCC2)n1. The van der Waals surface area contributed by atoms with Gasteiger partial charge in [-0.3, -0.25) is 0 Å². The van der Waals surface area contributed by atoms with Crippen molar-refractivity contribution in [2.24, 2.45) is 0 Å². The number of aromatic nitrogens is 2. The van der Waals surface area contributed by atoms with E-state index in [1.54, 1.807) is 11.8 Å². The molecule has 2 rings (SSSR count). The monoisotopic (exact) mass is 305 g/mol. The van der Waals surface area contributed by atoms with E-state index in [1.165, 1.54) is 11.5 Å². The van der Waals surface area contributed by atoms with Crippen molar-refractivity contribution in [3.8, 4) is 0 Å². The minimum atomic E-state index is 0.839. The molecule has 0 saturated carbocycles. The van der Waals surface area contributed by atoms with Crippen molar-refractivity contribution in [1.29, 1.82) is 0 Å². The summed E-state index contributed by atoms with van der Waals surface area (Å²) in [4.78, 5) is 11.1. The molecule has 1 aromatic rings. The highest BCUT2D eigenvalue weighted by Crippen LogP contribution is 2.27. The van der Waals surface area contributed by atoms with E-state index in [1.807, 2.05) is 24.2 Å². The summed E-state index contributed by atoms with van der Waals surface area (Å²) in [5, 5.41) is 0.839. The molecule has 0 bridgehead atoms. The number of hydrogen-bond acceptors (Lipinski definition) is 5. The molecule has 1 fully saturated rings. The molecule has 0 radical (unpaired) electrons. The molecule has 0 atom stereocenters. The Morgan fingerprint density at radius 1 is 1.47 bits per heavy atom. The van der Waals surface area contributed by atoms with Crippen molar-refractivity contribution in [3.05, 3.63) is 10.7 Å². The molecule has 0 N–H and O–H groups in total. The standard InChI is InChI=1S/C9H12BrN3S2/c1-14-9-11-6-7(10)8(12-9)13-2-4-15-5-3-13/h6H,2-5H2,1H3. The maximum absolute atomic E-state index is 4.54. The predicted molar refractivity (Wildman–Crippen MR) is 71.1 cm³/mol. The first-order valence-corrected chi connectivity index (χ1v) is 7.87. The molecule has 3 nitrogen and oxygen atoms in total. The Kier molecular flexibility index (Phi) is 4.16. The van der Waals surface area contributed by atoms with Gasteiger partial charge >= 0.3 is 0 Å². The van der Waals surface area contributed by atoms with E-state index in [0.717, 1.165) is 28.5 Å². The Morgan fingerprint density at radius 2 is 2.20 bits per heavy atom. The lowest BCUT2D eigenvalue weighted by atomic mass is 10.4. The first kappa shape index (κ1) is 11.5. The van der Waals surface area contributed by atoms with Crippen LogP contribution in [-0.2, 0) is 0 Å². The molecule has 2 heterocycles. The molecule has 0 unspecified atom stereocenters. The lowest BCUT2D eigenvalue weighted by Gasteiger charge is -2.28. The summed E-state index contributed by atoms with van der Waals surface area (Å²) in [7, 11) is 0. The Labute approximate surface area is 107 Å². The van der Waals surface area contributed by atoms with E-state index in [-0.39, 0.29) is 0 Å². The van der Waals surface area contributed by atoms with Crippen LogP contribution >= 0.6 is 39.5 Å². The van der Waals surface area contributed by atoms with Crippen LogP contribution in [-0.4, -0.2) is 40.8 Å². The second-order valence-electron chi connectivity index (χ2n) is 3.13. The van der Waals surface area contributed by atoms with Crippen LogP contribution in [0.2, 0.25) is 0 Å². The van der Waals surface area contributed by atoms with Gasteiger partial charge in [-0.2, -0.15) is 11.8 Å².